The number of rotatable bonds is 8. The van der Waals surface area contributed by atoms with Crippen molar-refractivity contribution in [3.8, 4) is 22.8 Å². The van der Waals surface area contributed by atoms with Crippen molar-refractivity contribution in [2.45, 2.75) is 26.2 Å². The number of quaternary nitrogens is 1. The minimum atomic E-state index is 0.243. The maximum absolute atomic E-state index is 6.12. The first kappa shape index (κ1) is 22.2. The third-order valence-electron chi connectivity index (χ3n) is 6.16. The Hall–Kier alpha value is -3.04. The predicted octanol–water partition coefficient (Wildman–Crippen LogP) is 2.79. The topological polar surface area (TPSA) is 108 Å². The first-order valence-corrected chi connectivity index (χ1v) is 11.2. The van der Waals surface area contributed by atoms with Gasteiger partial charge in [0, 0.05) is 18.7 Å². The molecule has 0 aliphatic carbocycles. The van der Waals surface area contributed by atoms with E-state index in [4.69, 9.17) is 25.2 Å². The number of aromatic nitrogens is 4. The summed E-state index contributed by atoms with van der Waals surface area (Å²) >= 11 is 0. The van der Waals surface area contributed by atoms with Gasteiger partial charge in [0.2, 0.25) is 5.95 Å². The fraction of sp³-hybridized carbons (Fsp3) is 0.478. The van der Waals surface area contributed by atoms with Crippen LogP contribution in [0.5, 0.6) is 11.5 Å². The van der Waals surface area contributed by atoms with Gasteiger partial charge < -0.3 is 20.5 Å². The molecular formula is C23H32N7O2+. The Morgan fingerprint density at radius 2 is 1.81 bits per heavy atom. The number of benzene rings is 1. The van der Waals surface area contributed by atoms with Gasteiger partial charge >= 0.3 is 0 Å². The third kappa shape index (κ3) is 4.31. The maximum Gasteiger partial charge on any atom is 0.261 e. The largest absolute Gasteiger partial charge is 0.493 e. The van der Waals surface area contributed by atoms with Crippen LogP contribution in [0.1, 0.15) is 26.2 Å². The zero-order valence-electron chi connectivity index (χ0n) is 19.1. The van der Waals surface area contributed by atoms with E-state index < -0.39 is 0 Å². The molecule has 0 bridgehead atoms. The molecule has 1 aliphatic rings. The van der Waals surface area contributed by atoms with Gasteiger partial charge in [0.25, 0.3) is 5.82 Å². The van der Waals surface area contributed by atoms with E-state index in [1.165, 1.54) is 12.8 Å². The highest BCUT2D eigenvalue weighted by atomic mass is 16.5. The van der Waals surface area contributed by atoms with Gasteiger partial charge in [0.15, 0.2) is 22.7 Å². The molecule has 1 aromatic carbocycles. The van der Waals surface area contributed by atoms with Crippen LogP contribution in [-0.4, -0.2) is 66.9 Å². The molecule has 3 aromatic rings. The summed E-state index contributed by atoms with van der Waals surface area (Å²) in [4.78, 5) is 18.7. The first-order valence-electron chi connectivity index (χ1n) is 11.2. The third-order valence-corrected chi connectivity index (χ3v) is 6.16. The summed E-state index contributed by atoms with van der Waals surface area (Å²) in [7, 11) is 3.24. The molecule has 9 heteroatoms. The van der Waals surface area contributed by atoms with E-state index in [-0.39, 0.29) is 5.95 Å². The van der Waals surface area contributed by atoms with Crippen LogP contribution in [-0.2, 0) is 0 Å². The molecule has 0 saturated carbocycles. The lowest BCUT2D eigenvalue weighted by Gasteiger charge is -2.40. The van der Waals surface area contributed by atoms with E-state index in [0.717, 1.165) is 60.7 Å². The van der Waals surface area contributed by atoms with Gasteiger partial charge in [-0.2, -0.15) is 9.97 Å². The number of ether oxygens (including phenoxy) is 2. The second-order valence-corrected chi connectivity index (χ2v) is 8.18. The van der Waals surface area contributed by atoms with Gasteiger partial charge in [-0.05, 0) is 31.0 Å². The fourth-order valence-corrected chi connectivity index (χ4v) is 4.40. The quantitative estimate of drug-likeness (QED) is 0.408. The number of nitrogens with two attached hydrogens (primary N) is 1. The molecule has 0 unspecified atom stereocenters. The number of fused-ring (bicyclic) bond motifs is 1. The predicted molar refractivity (Wildman–Crippen MR) is 127 cm³/mol. The van der Waals surface area contributed by atoms with Crippen LogP contribution in [0.4, 0.5) is 11.8 Å². The number of piperazine rings is 1. The standard InChI is InChI=1S/C23H32N7O2/c1-4-5-6-11-30(12-9-25-10-13-30)22-20-21(28-23(24)29-22)26-15-17(27-20)16-7-8-18(31-2)19(14-16)32-3/h7-8,14-15,25H,4-6,9-13H2,1-3H3,(H2,24,26,28,29)/q+1. The van der Waals surface area contributed by atoms with Crippen LogP contribution in [0.2, 0.25) is 0 Å². The molecule has 0 spiro atoms. The lowest BCUT2D eigenvalue weighted by atomic mass is 10.1. The number of anilines is 1. The monoisotopic (exact) mass is 438 g/mol. The number of nitrogens with one attached hydrogen (secondary N) is 1. The molecule has 32 heavy (non-hydrogen) atoms. The molecule has 0 atom stereocenters. The lowest BCUT2D eigenvalue weighted by Crippen LogP contribution is -2.60. The molecule has 3 heterocycles. The average molecular weight is 439 g/mol. The van der Waals surface area contributed by atoms with Crippen LogP contribution >= 0.6 is 0 Å². The lowest BCUT2D eigenvalue weighted by molar-refractivity contribution is 0.232. The normalized spacial score (nSPS) is 15.6. The Balaban J connectivity index is 1.84. The van der Waals surface area contributed by atoms with Crippen LogP contribution in [0.15, 0.2) is 24.4 Å². The molecule has 4 rings (SSSR count). The zero-order chi connectivity index (χ0) is 22.6. The fourth-order valence-electron chi connectivity index (χ4n) is 4.40. The van der Waals surface area contributed by atoms with Crippen LogP contribution in [0.25, 0.3) is 22.4 Å². The Morgan fingerprint density at radius 3 is 2.53 bits per heavy atom. The van der Waals surface area contributed by atoms with Gasteiger partial charge in [-0.25, -0.2) is 9.97 Å². The summed E-state index contributed by atoms with van der Waals surface area (Å²) in [6, 6.07) is 5.73. The van der Waals surface area contributed by atoms with E-state index in [2.05, 4.69) is 22.2 Å². The van der Waals surface area contributed by atoms with E-state index in [1.54, 1.807) is 20.4 Å². The van der Waals surface area contributed by atoms with E-state index in [9.17, 15) is 0 Å². The van der Waals surface area contributed by atoms with Gasteiger partial charge in [0.05, 0.1) is 45.7 Å². The number of nitrogen functional groups attached to an aromatic ring is 1. The van der Waals surface area contributed by atoms with Gasteiger partial charge in [-0.15, -0.1) is 0 Å². The van der Waals surface area contributed by atoms with Gasteiger partial charge in [-0.1, -0.05) is 13.3 Å². The zero-order valence-corrected chi connectivity index (χ0v) is 19.1. The summed E-state index contributed by atoms with van der Waals surface area (Å²) in [5.41, 5.74) is 8.98. The SMILES string of the molecule is CCCCC[N+]1(c2nc(N)nc3ncc(-c4ccc(OC)c(OC)c4)nc23)CCNCC1. The number of unbranched alkanes of at least 4 members (excludes halogenated alkanes) is 2. The van der Waals surface area contributed by atoms with Crippen molar-refractivity contribution in [3.63, 3.8) is 0 Å². The highest BCUT2D eigenvalue weighted by Gasteiger charge is 2.37. The van der Waals surface area contributed by atoms with Crippen molar-refractivity contribution in [3.05, 3.63) is 24.4 Å². The molecular weight excluding hydrogens is 406 g/mol. The molecule has 9 nitrogen and oxygen atoms in total. The Labute approximate surface area is 188 Å². The summed E-state index contributed by atoms with van der Waals surface area (Å²) in [5, 5.41) is 3.47. The highest BCUT2D eigenvalue weighted by Crippen LogP contribution is 2.34. The number of hydrogen-bond donors (Lipinski definition) is 2. The second-order valence-electron chi connectivity index (χ2n) is 8.18. The number of methoxy groups -OCH3 is 2. The van der Waals surface area contributed by atoms with Crippen molar-refractivity contribution in [1.29, 1.82) is 0 Å². The van der Waals surface area contributed by atoms with Gasteiger partial charge in [0.1, 0.15) is 0 Å². The van der Waals surface area contributed by atoms with Crippen molar-refractivity contribution in [1.82, 2.24) is 29.7 Å². The second kappa shape index (κ2) is 9.62. The van der Waals surface area contributed by atoms with Crippen LogP contribution in [0, 0.1) is 0 Å². The molecule has 2 aromatic heterocycles. The van der Waals surface area contributed by atoms with E-state index >= 15 is 0 Å². The Kier molecular flexibility index (Phi) is 6.66. The molecule has 1 aliphatic heterocycles. The Morgan fingerprint density at radius 1 is 1.03 bits per heavy atom. The number of nitrogens with zero attached hydrogens (tertiary/aromatic N) is 5. The van der Waals surface area contributed by atoms with Crippen LogP contribution in [0.3, 0.4) is 0 Å². The van der Waals surface area contributed by atoms with E-state index in [0.29, 0.717) is 22.7 Å². The van der Waals surface area contributed by atoms with Crippen LogP contribution < -0.4 is 25.0 Å². The minimum absolute atomic E-state index is 0.243. The number of hydrogen-bond acceptors (Lipinski definition) is 8. The average Bonchev–Trinajstić information content (AvgIpc) is 2.83. The first-order chi connectivity index (χ1) is 15.6. The maximum atomic E-state index is 6.12. The molecule has 170 valence electrons. The summed E-state index contributed by atoms with van der Waals surface area (Å²) in [5.74, 6) is 2.43. The van der Waals surface area contributed by atoms with Crippen molar-refractivity contribution in [2.75, 3.05) is 52.7 Å². The highest BCUT2D eigenvalue weighted by molar-refractivity contribution is 5.85. The van der Waals surface area contributed by atoms with E-state index in [1.807, 2.05) is 18.2 Å². The molecule has 1 saturated heterocycles. The summed E-state index contributed by atoms with van der Waals surface area (Å²) in [6.45, 7) is 6.97. The summed E-state index contributed by atoms with van der Waals surface area (Å²) < 4.78 is 11.6. The van der Waals surface area contributed by atoms with Gasteiger partial charge in [-0.3, -0.25) is 4.48 Å². The van der Waals surface area contributed by atoms with Crippen molar-refractivity contribution >= 4 is 22.9 Å². The van der Waals surface area contributed by atoms with Crippen molar-refractivity contribution < 1.29 is 9.47 Å². The van der Waals surface area contributed by atoms with Crippen molar-refractivity contribution in [2.24, 2.45) is 0 Å². The Bertz CT molecular complexity index is 1080. The molecule has 0 radical (unpaired) electrons. The molecule has 0 amide bonds. The molecule has 3 N–H and O–H groups in total. The minimum Gasteiger partial charge on any atom is -0.493 e. The summed E-state index contributed by atoms with van der Waals surface area (Å²) in [6.07, 6.45) is 5.21. The smallest absolute Gasteiger partial charge is 0.261 e. The molecule has 1 fully saturated rings.